The van der Waals surface area contributed by atoms with E-state index in [-0.39, 0.29) is 29.7 Å². The number of nitriles is 1. The maximum Gasteiger partial charge on any atom is 0.409 e. The molecule has 0 aromatic carbocycles. The summed E-state index contributed by atoms with van der Waals surface area (Å²) in [7, 11) is 0. The Kier molecular flexibility index (Phi) is 11.9. The van der Waals surface area contributed by atoms with Gasteiger partial charge in [-0.05, 0) is 32.6 Å². The highest BCUT2D eigenvalue weighted by Gasteiger charge is 2.23. The van der Waals surface area contributed by atoms with E-state index in [0.29, 0.717) is 19.7 Å². The lowest BCUT2D eigenvalue weighted by Gasteiger charge is -2.31. The summed E-state index contributed by atoms with van der Waals surface area (Å²) >= 11 is 0. The van der Waals surface area contributed by atoms with Gasteiger partial charge in [-0.2, -0.15) is 5.26 Å². The molecular weight excluding hydrogens is 392 g/mol. The van der Waals surface area contributed by atoms with Crippen LogP contribution < -0.4 is 10.6 Å². The van der Waals surface area contributed by atoms with Gasteiger partial charge in [0.1, 0.15) is 11.6 Å². The number of hydrogen-bond acceptors (Lipinski definition) is 5. The molecule has 1 saturated carbocycles. The molecule has 0 bridgehead atoms. The van der Waals surface area contributed by atoms with Crippen LogP contribution in [0.4, 0.5) is 4.79 Å². The Labute approximate surface area is 187 Å². The molecule has 7 nitrogen and oxygen atoms in total. The van der Waals surface area contributed by atoms with E-state index in [2.05, 4.69) is 10.6 Å². The van der Waals surface area contributed by atoms with Crippen molar-refractivity contribution in [2.75, 3.05) is 19.7 Å². The molecule has 0 atom stereocenters. The minimum Gasteiger partial charge on any atom is -0.450 e. The monoisotopic (exact) mass is 432 g/mol. The highest BCUT2D eigenvalue weighted by molar-refractivity contribution is 5.97. The first-order valence-corrected chi connectivity index (χ1v) is 12.2. The minimum absolute atomic E-state index is 0.124. The van der Waals surface area contributed by atoms with Gasteiger partial charge >= 0.3 is 6.09 Å². The molecule has 0 aromatic rings. The lowest BCUT2D eigenvalue weighted by molar-refractivity contribution is -0.117. The second kappa shape index (κ2) is 14.7. The quantitative estimate of drug-likeness (QED) is 0.496. The van der Waals surface area contributed by atoms with Crippen LogP contribution in [0.3, 0.4) is 0 Å². The van der Waals surface area contributed by atoms with Gasteiger partial charge in [-0.3, -0.25) is 4.79 Å². The first-order chi connectivity index (χ1) is 15.1. The van der Waals surface area contributed by atoms with Crippen LogP contribution in [0.2, 0.25) is 0 Å². The van der Waals surface area contributed by atoms with Crippen LogP contribution in [-0.4, -0.2) is 48.7 Å². The van der Waals surface area contributed by atoms with Gasteiger partial charge in [0.05, 0.1) is 6.61 Å². The number of nitrogens with one attached hydrogen (secondary N) is 2. The zero-order valence-electron chi connectivity index (χ0n) is 19.2. The second-order valence-corrected chi connectivity index (χ2v) is 8.73. The van der Waals surface area contributed by atoms with Gasteiger partial charge in [-0.1, -0.05) is 57.8 Å². The van der Waals surface area contributed by atoms with Crippen LogP contribution in [-0.2, 0) is 9.53 Å². The minimum atomic E-state index is -0.281. The van der Waals surface area contributed by atoms with Crippen molar-refractivity contribution in [1.29, 1.82) is 5.26 Å². The molecule has 0 radical (unpaired) electrons. The summed E-state index contributed by atoms with van der Waals surface area (Å²) in [4.78, 5) is 26.2. The molecule has 2 rings (SSSR count). The number of amides is 2. The maximum absolute atomic E-state index is 12.7. The summed E-state index contributed by atoms with van der Waals surface area (Å²) < 4.78 is 5.04. The summed E-state index contributed by atoms with van der Waals surface area (Å²) in [6.45, 7) is 3.40. The number of ether oxygens (including phenoxy) is 1. The number of hydrogen-bond donors (Lipinski definition) is 2. The molecule has 7 heteroatoms. The zero-order valence-corrected chi connectivity index (χ0v) is 19.2. The Balaban J connectivity index is 1.80. The maximum atomic E-state index is 12.7. The Morgan fingerprint density at radius 1 is 0.935 bits per heavy atom. The van der Waals surface area contributed by atoms with Crippen molar-refractivity contribution in [3.63, 3.8) is 0 Å². The fourth-order valence-corrected chi connectivity index (χ4v) is 4.36. The molecule has 174 valence electrons. The summed E-state index contributed by atoms with van der Waals surface area (Å²) in [6.07, 6.45) is 16.1. The normalized spacial score (nSPS) is 20.6. The van der Waals surface area contributed by atoms with Gasteiger partial charge in [-0.25, -0.2) is 4.79 Å². The van der Waals surface area contributed by atoms with E-state index >= 15 is 0 Å². The SMILES string of the molecule is CCOC(=O)N1CCC(N/C=C(/C#N)C(=O)NC2CCCCCCCCCCC2)CC1. The molecule has 2 fully saturated rings. The van der Waals surface area contributed by atoms with Crippen LogP contribution in [0.25, 0.3) is 0 Å². The lowest BCUT2D eigenvalue weighted by atomic mass is 9.97. The highest BCUT2D eigenvalue weighted by Crippen LogP contribution is 2.17. The van der Waals surface area contributed by atoms with Crippen molar-refractivity contribution in [1.82, 2.24) is 15.5 Å². The molecule has 0 unspecified atom stereocenters. The molecule has 2 N–H and O–H groups in total. The van der Waals surface area contributed by atoms with Gasteiger partial charge < -0.3 is 20.3 Å². The predicted molar refractivity (Wildman–Crippen MR) is 121 cm³/mol. The summed E-state index contributed by atoms with van der Waals surface area (Å²) in [5.41, 5.74) is 0.124. The molecule has 2 amide bonds. The Bertz CT molecular complexity index is 609. The van der Waals surface area contributed by atoms with Crippen molar-refractivity contribution < 1.29 is 14.3 Å². The van der Waals surface area contributed by atoms with Crippen molar-refractivity contribution in [3.8, 4) is 6.07 Å². The van der Waals surface area contributed by atoms with Crippen molar-refractivity contribution in [3.05, 3.63) is 11.8 Å². The molecule has 1 saturated heterocycles. The Morgan fingerprint density at radius 3 is 2.00 bits per heavy atom. The summed E-state index contributed by atoms with van der Waals surface area (Å²) in [6, 6.07) is 2.34. The standard InChI is InChI=1S/C24H40N4O3/c1-2-31-24(30)28-16-14-21(15-17-28)26-19-20(18-25)23(29)27-22-12-10-8-6-4-3-5-7-9-11-13-22/h19,21-22,26H,2-17H2,1H3,(H,27,29)/b20-19-. The van der Waals surface area contributed by atoms with E-state index in [4.69, 9.17) is 4.74 Å². The molecule has 1 aliphatic heterocycles. The average Bonchev–Trinajstić information content (AvgIpc) is 2.76. The first-order valence-electron chi connectivity index (χ1n) is 12.2. The third-order valence-corrected chi connectivity index (χ3v) is 6.29. The lowest BCUT2D eigenvalue weighted by Crippen LogP contribution is -2.44. The molecule has 0 spiro atoms. The second-order valence-electron chi connectivity index (χ2n) is 8.73. The van der Waals surface area contributed by atoms with E-state index < -0.39 is 0 Å². The van der Waals surface area contributed by atoms with Crippen LogP contribution in [0.1, 0.15) is 90.4 Å². The molecular formula is C24H40N4O3. The molecule has 1 heterocycles. The third-order valence-electron chi connectivity index (χ3n) is 6.29. The zero-order chi connectivity index (χ0) is 22.3. The molecule has 0 aromatic heterocycles. The first kappa shape index (κ1) is 25.0. The number of carbonyl (C=O) groups is 2. The molecule has 31 heavy (non-hydrogen) atoms. The highest BCUT2D eigenvalue weighted by atomic mass is 16.6. The van der Waals surface area contributed by atoms with E-state index in [1.165, 1.54) is 44.9 Å². The Hall–Kier alpha value is -2.23. The van der Waals surface area contributed by atoms with E-state index in [1.54, 1.807) is 18.0 Å². The smallest absolute Gasteiger partial charge is 0.409 e. The average molecular weight is 433 g/mol. The van der Waals surface area contributed by atoms with Crippen molar-refractivity contribution >= 4 is 12.0 Å². The summed E-state index contributed by atoms with van der Waals surface area (Å²) in [5, 5.41) is 15.8. The van der Waals surface area contributed by atoms with E-state index in [9.17, 15) is 14.9 Å². The van der Waals surface area contributed by atoms with Crippen molar-refractivity contribution in [2.45, 2.75) is 102 Å². The largest absolute Gasteiger partial charge is 0.450 e. The summed E-state index contributed by atoms with van der Waals surface area (Å²) in [5.74, 6) is -0.281. The van der Waals surface area contributed by atoms with Gasteiger partial charge in [0.15, 0.2) is 0 Å². The fourth-order valence-electron chi connectivity index (χ4n) is 4.36. The van der Waals surface area contributed by atoms with E-state index in [1.807, 2.05) is 6.07 Å². The van der Waals surface area contributed by atoms with Crippen LogP contribution >= 0.6 is 0 Å². The topological polar surface area (TPSA) is 94.5 Å². The number of nitrogens with zero attached hydrogens (tertiary/aromatic N) is 2. The van der Waals surface area contributed by atoms with Gasteiger partial charge in [-0.15, -0.1) is 0 Å². The fraction of sp³-hybridized carbons (Fsp3) is 0.792. The van der Waals surface area contributed by atoms with Crippen molar-refractivity contribution in [2.24, 2.45) is 0 Å². The molecule has 1 aliphatic carbocycles. The molecule has 2 aliphatic rings. The van der Waals surface area contributed by atoms with Crippen LogP contribution in [0.5, 0.6) is 0 Å². The predicted octanol–water partition coefficient (Wildman–Crippen LogP) is 4.39. The van der Waals surface area contributed by atoms with Gasteiger partial charge in [0, 0.05) is 31.4 Å². The number of carbonyl (C=O) groups excluding carboxylic acids is 2. The number of likely N-dealkylation sites (tertiary alicyclic amines) is 1. The van der Waals surface area contributed by atoms with Gasteiger partial charge in [0.25, 0.3) is 5.91 Å². The van der Waals surface area contributed by atoms with Crippen LogP contribution in [0, 0.1) is 11.3 Å². The number of piperidine rings is 1. The Morgan fingerprint density at radius 2 is 1.48 bits per heavy atom. The van der Waals surface area contributed by atoms with Gasteiger partial charge in [0.2, 0.25) is 0 Å². The number of rotatable bonds is 5. The van der Waals surface area contributed by atoms with Crippen LogP contribution in [0.15, 0.2) is 11.8 Å². The van der Waals surface area contributed by atoms with E-state index in [0.717, 1.165) is 38.5 Å². The third kappa shape index (κ3) is 9.63.